The van der Waals surface area contributed by atoms with E-state index in [2.05, 4.69) is 20.7 Å². The van der Waals surface area contributed by atoms with Crippen molar-refractivity contribution in [1.82, 2.24) is 9.97 Å². The van der Waals surface area contributed by atoms with Crippen molar-refractivity contribution in [2.24, 2.45) is 5.84 Å². The van der Waals surface area contributed by atoms with Gasteiger partial charge in [0.1, 0.15) is 0 Å². The molecule has 0 spiro atoms. The molecule has 0 bridgehead atoms. The zero-order valence-corrected chi connectivity index (χ0v) is 9.29. The lowest BCUT2D eigenvalue weighted by molar-refractivity contribution is 0.0696. The third-order valence-electron chi connectivity index (χ3n) is 2.27. The maximum atomic E-state index is 13.2. The SMILES string of the molecule is CCC(C)(O)CNc1nc(NN)ncc1F. The Hall–Kier alpha value is -1.47. The fraction of sp³-hybridized carbons (Fsp3) is 0.556. The molecule has 1 rings (SSSR count). The van der Waals surface area contributed by atoms with Crippen LogP contribution in [0.15, 0.2) is 6.20 Å². The van der Waals surface area contributed by atoms with E-state index in [0.29, 0.717) is 6.42 Å². The number of aliphatic hydroxyl groups is 1. The van der Waals surface area contributed by atoms with Gasteiger partial charge in [-0.1, -0.05) is 6.92 Å². The molecule has 90 valence electrons. The number of nitrogens with zero attached hydrogens (tertiary/aromatic N) is 2. The molecule has 0 amide bonds. The molecule has 0 aromatic carbocycles. The number of hydrogen-bond acceptors (Lipinski definition) is 6. The van der Waals surface area contributed by atoms with Gasteiger partial charge in [-0.3, -0.25) is 5.43 Å². The summed E-state index contributed by atoms with van der Waals surface area (Å²) in [5.74, 6) is 4.63. The van der Waals surface area contributed by atoms with E-state index in [1.54, 1.807) is 6.92 Å². The molecular formula is C9H16FN5O. The van der Waals surface area contributed by atoms with Crippen molar-refractivity contribution in [3.05, 3.63) is 12.0 Å². The molecule has 7 heteroatoms. The minimum Gasteiger partial charge on any atom is -0.388 e. The molecule has 6 nitrogen and oxygen atoms in total. The van der Waals surface area contributed by atoms with Gasteiger partial charge in [0.2, 0.25) is 5.95 Å². The molecule has 16 heavy (non-hydrogen) atoms. The molecule has 0 saturated heterocycles. The minimum atomic E-state index is -0.909. The van der Waals surface area contributed by atoms with E-state index in [1.807, 2.05) is 6.92 Å². The van der Waals surface area contributed by atoms with Gasteiger partial charge in [0.05, 0.1) is 11.8 Å². The summed E-state index contributed by atoms with van der Waals surface area (Å²) in [4.78, 5) is 7.38. The van der Waals surface area contributed by atoms with Crippen molar-refractivity contribution < 1.29 is 9.50 Å². The van der Waals surface area contributed by atoms with Gasteiger partial charge in [0.25, 0.3) is 0 Å². The van der Waals surface area contributed by atoms with E-state index < -0.39 is 11.4 Å². The lowest BCUT2D eigenvalue weighted by Crippen LogP contribution is -2.33. The summed E-state index contributed by atoms with van der Waals surface area (Å²) in [7, 11) is 0. The predicted octanol–water partition coefficient (Wildman–Crippen LogP) is 0.474. The van der Waals surface area contributed by atoms with Gasteiger partial charge in [0.15, 0.2) is 11.6 Å². The first-order chi connectivity index (χ1) is 7.48. The normalized spacial score (nSPS) is 14.3. The molecule has 0 aliphatic carbocycles. The zero-order valence-electron chi connectivity index (χ0n) is 9.29. The van der Waals surface area contributed by atoms with Gasteiger partial charge >= 0.3 is 0 Å². The molecule has 1 heterocycles. The highest BCUT2D eigenvalue weighted by Crippen LogP contribution is 2.14. The van der Waals surface area contributed by atoms with Gasteiger partial charge in [0, 0.05) is 6.54 Å². The standard InChI is InChI=1S/C9H16FN5O/c1-3-9(2,16)5-13-7-6(10)4-12-8(14-7)15-11/h4,16H,3,5,11H2,1-2H3,(H2,12,13,14,15). The average molecular weight is 229 g/mol. The molecule has 1 aromatic rings. The second-order valence-electron chi connectivity index (χ2n) is 3.74. The number of nitrogens with two attached hydrogens (primary N) is 1. The summed E-state index contributed by atoms with van der Waals surface area (Å²) in [6.45, 7) is 3.69. The summed E-state index contributed by atoms with van der Waals surface area (Å²) >= 11 is 0. The summed E-state index contributed by atoms with van der Waals surface area (Å²) in [5, 5.41) is 12.4. The Balaban J connectivity index is 2.73. The molecule has 0 aliphatic heterocycles. The van der Waals surface area contributed by atoms with Crippen LogP contribution < -0.4 is 16.6 Å². The van der Waals surface area contributed by atoms with Crippen LogP contribution >= 0.6 is 0 Å². The number of nitrogens with one attached hydrogen (secondary N) is 2. The van der Waals surface area contributed by atoms with Crippen molar-refractivity contribution >= 4 is 11.8 Å². The number of anilines is 2. The number of rotatable bonds is 5. The molecule has 0 aliphatic rings. The second-order valence-corrected chi connectivity index (χ2v) is 3.74. The third kappa shape index (κ3) is 3.28. The Morgan fingerprint density at radius 3 is 2.88 bits per heavy atom. The van der Waals surface area contributed by atoms with E-state index in [4.69, 9.17) is 5.84 Å². The first-order valence-corrected chi connectivity index (χ1v) is 4.94. The Kier molecular flexibility index (Phi) is 3.97. The Labute approximate surface area is 93.1 Å². The van der Waals surface area contributed by atoms with Gasteiger partial charge in [-0.2, -0.15) is 4.98 Å². The fourth-order valence-corrected chi connectivity index (χ4v) is 0.960. The van der Waals surface area contributed by atoms with E-state index in [-0.39, 0.29) is 18.3 Å². The third-order valence-corrected chi connectivity index (χ3v) is 2.27. The van der Waals surface area contributed by atoms with Crippen molar-refractivity contribution in [2.75, 3.05) is 17.3 Å². The second kappa shape index (κ2) is 5.04. The molecule has 0 fully saturated rings. The lowest BCUT2D eigenvalue weighted by atomic mass is 10.0. The number of nitrogen functional groups attached to an aromatic ring is 1. The van der Waals surface area contributed by atoms with Gasteiger partial charge in [-0.15, -0.1) is 0 Å². The predicted molar refractivity (Wildman–Crippen MR) is 59.2 cm³/mol. The molecule has 1 aromatic heterocycles. The molecule has 0 saturated carbocycles. The van der Waals surface area contributed by atoms with E-state index in [0.717, 1.165) is 6.20 Å². The van der Waals surface area contributed by atoms with Crippen LogP contribution in [0.5, 0.6) is 0 Å². The molecular weight excluding hydrogens is 213 g/mol. The zero-order chi connectivity index (χ0) is 12.2. The van der Waals surface area contributed by atoms with E-state index >= 15 is 0 Å². The Morgan fingerprint density at radius 1 is 1.62 bits per heavy atom. The maximum absolute atomic E-state index is 13.2. The monoisotopic (exact) mass is 229 g/mol. The summed E-state index contributed by atoms with van der Waals surface area (Å²) in [6.07, 6.45) is 1.56. The molecule has 5 N–H and O–H groups in total. The van der Waals surface area contributed by atoms with Crippen LogP contribution in [0.2, 0.25) is 0 Å². The lowest BCUT2D eigenvalue weighted by Gasteiger charge is -2.22. The quantitative estimate of drug-likeness (QED) is 0.433. The van der Waals surface area contributed by atoms with Crippen LogP contribution in [0, 0.1) is 5.82 Å². The highest BCUT2D eigenvalue weighted by Gasteiger charge is 2.18. The number of aromatic nitrogens is 2. The summed E-state index contributed by atoms with van der Waals surface area (Å²) in [6, 6.07) is 0. The summed E-state index contributed by atoms with van der Waals surface area (Å²) < 4.78 is 13.2. The van der Waals surface area contributed by atoms with Gasteiger partial charge in [-0.25, -0.2) is 15.2 Å². The Bertz CT molecular complexity index is 358. The van der Waals surface area contributed by atoms with Crippen molar-refractivity contribution in [3.8, 4) is 0 Å². The van der Waals surface area contributed by atoms with Crippen LogP contribution in [-0.2, 0) is 0 Å². The van der Waals surface area contributed by atoms with Gasteiger partial charge in [-0.05, 0) is 13.3 Å². The summed E-state index contributed by atoms with van der Waals surface area (Å²) in [5.41, 5.74) is 1.31. The highest BCUT2D eigenvalue weighted by atomic mass is 19.1. The van der Waals surface area contributed by atoms with Gasteiger partial charge < -0.3 is 10.4 Å². The topological polar surface area (TPSA) is 96.1 Å². The van der Waals surface area contributed by atoms with Crippen LogP contribution in [0.1, 0.15) is 20.3 Å². The van der Waals surface area contributed by atoms with E-state index in [1.165, 1.54) is 0 Å². The molecule has 1 atom stereocenters. The van der Waals surface area contributed by atoms with Crippen LogP contribution in [0.3, 0.4) is 0 Å². The van der Waals surface area contributed by atoms with Crippen molar-refractivity contribution in [1.29, 1.82) is 0 Å². The van der Waals surface area contributed by atoms with Crippen LogP contribution in [-0.4, -0.2) is 27.2 Å². The fourth-order valence-electron chi connectivity index (χ4n) is 0.960. The highest BCUT2D eigenvalue weighted by molar-refractivity contribution is 5.40. The first kappa shape index (κ1) is 12.6. The minimum absolute atomic E-state index is 0.0108. The smallest absolute Gasteiger partial charge is 0.239 e. The van der Waals surface area contributed by atoms with Crippen LogP contribution in [0.25, 0.3) is 0 Å². The van der Waals surface area contributed by atoms with Crippen molar-refractivity contribution in [2.45, 2.75) is 25.9 Å². The molecule has 1 unspecified atom stereocenters. The molecule has 0 radical (unpaired) electrons. The maximum Gasteiger partial charge on any atom is 0.239 e. The average Bonchev–Trinajstić information content (AvgIpc) is 2.28. The number of halogens is 1. The van der Waals surface area contributed by atoms with Crippen LogP contribution in [0.4, 0.5) is 16.2 Å². The van der Waals surface area contributed by atoms with E-state index in [9.17, 15) is 9.50 Å². The van der Waals surface area contributed by atoms with Crippen molar-refractivity contribution in [3.63, 3.8) is 0 Å². The largest absolute Gasteiger partial charge is 0.388 e. The Morgan fingerprint density at radius 2 is 2.31 bits per heavy atom. The first-order valence-electron chi connectivity index (χ1n) is 4.94. The number of hydrogen-bond donors (Lipinski definition) is 4. The number of hydrazine groups is 1.